The molecular formula is C31H28N6O. The van der Waals surface area contributed by atoms with Gasteiger partial charge in [0, 0.05) is 23.5 Å². The lowest BCUT2D eigenvalue weighted by Gasteiger charge is -2.35. The molecule has 2 saturated carbocycles. The Bertz CT molecular complexity index is 1590. The molecule has 0 spiro atoms. The van der Waals surface area contributed by atoms with Crippen molar-refractivity contribution in [2.75, 3.05) is 0 Å². The molecule has 0 saturated heterocycles. The maximum Gasteiger partial charge on any atom is 0.251 e. The largest absolute Gasteiger partial charge is 0.344 e. The van der Waals surface area contributed by atoms with E-state index in [1.165, 1.54) is 5.56 Å². The lowest BCUT2D eigenvalue weighted by Crippen LogP contribution is -2.51. The number of nitrogens with zero attached hydrogens (tertiary/aromatic N) is 5. The van der Waals surface area contributed by atoms with E-state index in [-0.39, 0.29) is 17.5 Å². The van der Waals surface area contributed by atoms with Crippen LogP contribution in [0.15, 0.2) is 104 Å². The van der Waals surface area contributed by atoms with Gasteiger partial charge in [-0.15, -0.1) is 5.10 Å². The minimum Gasteiger partial charge on any atom is -0.344 e. The van der Waals surface area contributed by atoms with Crippen LogP contribution in [0.3, 0.4) is 0 Å². The minimum absolute atomic E-state index is 0.0533. The molecule has 0 aliphatic heterocycles. The SMILES string of the molecule is O=C(NC12CCC(CC1n1cc(-c3cccc(-c4ccccc4)c3)nn1)C2)c1cccc(-n2cccn2)c1. The Hall–Kier alpha value is -4.52. The van der Waals surface area contributed by atoms with Crippen molar-refractivity contribution in [2.45, 2.75) is 37.3 Å². The Morgan fingerprint density at radius 2 is 1.76 bits per heavy atom. The highest BCUT2D eigenvalue weighted by Crippen LogP contribution is 2.53. The van der Waals surface area contributed by atoms with E-state index in [1.807, 2.05) is 53.5 Å². The van der Waals surface area contributed by atoms with Crippen LogP contribution in [0.25, 0.3) is 28.1 Å². The normalized spacial score (nSPS) is 22.0. The van der Waals surface area contributed by atoms with Gasteiger partial charge >= 0.3 is 0 Å². The predicted molar refractivity (Wildman–Crippen MR) is 146 cm³/mol. The van der Waals surface area contributed by atoms with E-state index in [4.69, 9.17) is 0 Å². The molecule has 2 bridgehead atoms. The van der Waals surface area contributed by atoms with Crippen LogP contribution in [0.5, 0.6) is 0 Å². The van der Waals surface area contributed by atoms with Crippen molar-refractivity contribution in [1.82, 2.24) is 30.1 Å². The summed E-state index contributed by atoms with van der Waals surface area (Å²) in [6, 6.07) is 28.3. The van der Waals surface area contributed by atoms with E-state index >= 15 is 0 Å². The molecule has 1 amide bonds. The Balaban J connectivity index is 1.15. The average Bonchev–Trinajstić information content (AvgIpc) is 3.78. The number of nitrogens with one attached hydrogen (secondary N) is 1. The summed E-state index contributed by atoms with van der Waals surface area (Å²) < 4.78 is 3.76. The van der Waals surface area contributed by atoms with Crippen LogP contribution in [0.1, 0.15) is 42.1 Å². The molecule has 2 aliphatic rings. The number of carbonyl (C=O) groups excluding carboxylic acids is 1. The third kappa shape index (κ3) is 4.00. The van der Waals surface area contributed by atoms with E-state index in [9.17, 15) is 4.79 Å². The summed E-state index contributed by atoms with van der Waals surface area (Å²) in [7, 11) is 0. The molecule has 3 atom stereocenters. The quantitative estimate of drug-likeness (QED) is 0.324. The lowest BCUT2D eigenvalue weighted by atomic mass is 9.88. The third-order valence-electron chi connectivity index (χ3n) is 8.18. The Labute approximate surface area is 221 Å². The molecule has 5 aromatic rings. The Morgan fingerprint density at radius 3 is 2.61 bits per heavy atom. The van der Waals surface area contributed by atoms with Gasteiger partial charge in [-0.3, -0.25) is 4.79 Å². The number of fused-ring (bicyclic) bond motifs is 2. The highest BCUT2D eigenvalue weighted by molar-refractivity contribution is 5.95. The lowest BCUT2D eigenvalue weighted by molar-refractivity contribution is 0.0864. The van der Waals surface area contributed by atoms with Crippen LogP contribution in [-0.2, 0) is 0 Å². The fourth-order valence-electron chi connectivity index (χ4n) is 6.34. The number of rotatable bonds is 6. The fraction of sp³-hybridized carbons (Fsp3) is 0.226. The maximum absolute atomic E-state index is 13.5. The van der Waals surface area contributed by atoms with Crippen molar-refractivity contribution in [3.63, 3.8) is 0 Å². The zero-order valence-corrected chi connectivity index (χ0v) is 20.9. The second kappa shape index (κ2) is 9.10. The summed E-state index contributed by atoms with van der Waals surface area (Å²) in [6.45, 7) is 0. The molecule has 7 heteroatoms. The first-order valence-electron chi connectivity index (χ1n) is 13.2. The first-order valence-corrected chi connectivity index (χ1v) is 13.2. The minimum atomic E-state index is -0.319. The van der Waals surface area contributed by atoms with Gasteiger partial charge in [0.25, 0.3) is 5.91 Å². The smallest absolute Gasteiger partial charge is 0.251 e. The van der Waals surface area contributed by atoms with Crippen molar-refractivity contribution in [3.05, 3.63) is 109 Å². The molecule has 3 unspecified atom stereocenters. The third-order valence-corrected chi connectivity index (χ3v) is 8.18. The van der Waals surface area contributed by atoms with E-state index in [0.717, 1.165) is 48.2 Å². The predicted octanol–water partition coefficient (Wildman–Crippen LogP) is 5.71. The molecule has 3 aromatic carbocycles. The van der Waals surface area contributed by atoms with Gasteiger partial charge in [-0.05, 0) is 73.1 Å². The van der Waals surface area contributed by atoms with Crippen molar-refractivity contribution in [2.24, 2.45) is 5.92 Å². The van der Waals surface area contributed by atoms with Crippen LogP contribution in [0.4, 0.5) is 0 Å². The van der Waals surface area contributed by atoms with E-state index in [0.29, 0.717) is 11.5 Å². The van der Waals surface area contributed by atoms with Gasteiger partial charge in [-0.25, -0.2) is 9.36 Å². The van der Waals surface area contributed by atoms with Gasteiger partial charge in [0.1, 0.15) is 5.69 Å². The number of benzene rings is 3. The van der Waals surface area contributed by atoms with E-state index in [2.05, 4.69) is 69.3 Å². The molecule has 2 heterocycles. The standard InChI is InChI=1S/C31H28N6O/c38-30(26-11-5-12-27(19-26)36-16-6-15-32-36)33-31-14-13-22(20-31)17-29(31)37-21-28(34-35-37)25-10-4-9-24(18-25)23-7-2-1-3-8-23/h1-12,15-16,18-19,21-22,29H,13-14,17,20H2,(H,33,38). The van der Waals surface area contributed by atoms with Crippen molar-refractivity contribution in [1.29, 1.82) is 0 Å². The van der Waals surface area contributed by atoms with Crippen LogP contribution in [-0.4, -0.2) is 36.2 Å². The zero-order valence-electron chi connectivity index (χ0n) is 20.9. The highest BCUT2D eigenvalue weighted by Gasteiger charge is 2.54. The Morgan fingerprint density at radius 1 is 0.921 bits per heavy atom. The zero-order chi connectivity index (χ0) is 25.5. The monoisotopic (exact) mass is 500 g/mol. The number of aromatic nitrogens is 5. The Kier molecular flexibility index (Phi) is 5.43. The molecule has 7 nitrogen and oxygen atoms in total. The first kappa shape index (κ1) is 22.7. The van der Waals surface area contributed by atoms with Crippen LogP contribution in [0.2, 0.25) is 0 Å². The molecule has 188 valence electrons. The molecule has 38 heavy (non-hydrogen) atoms. The van der Waals surface area contributed by atoms with Gasteiger partial charge in [0.15, 0.2) is 0 Å². The molecule has 0 radical (unpaired) electrons. The second-order valence-electron chi connectivity index (χ2n) is 10.5. The molecular weight excluding hydrogens is 472 g/mol. The van der Waals surface area contributed by atoms with E-state index < -0.39 is 0 Å². The summed E-state index contributed by atoms with van der Waals surface area (Å²) in [6.07, 6.45) is 9.71. The first-order chi connectivity index (χ1) is 18.7. The molecule has 2 fully saturated rings. The van der Waals surface area contributed by atoms with Gasteiger partial charge in [-0.1, -0.05) is 59.8 Å². The van der Waals surface area contributed by atoms with Gasteiger partial charge in [-0.2, -0.15) is 5.10 Å². The number of carbonyl (C=O) groups is 1. The summed E-state index contributed by atoms with van der Waals surface area (Å²) >= 11 is 0. The van der Waals surface area contributed by atoms with Gasteiger partial charge < -0.3 is 5.32 Å². The molecule has 7 rings (SSSR count). The van der Waals surface area contributed by atoms with Gasteiger partial charge in [0.2, 0.25) is 0 Å². The summed E-state index contributed by atoms with van der Waals surface area (Å²) in [5.41, 5.74) is 5.39. The second-order valence-corrected chi connectivity index (χ2v) is 10.5. The van der Waals surface area contributed by atoms with Crippen molar-refractivity contribution in [3.8, 4) is 28.1 Å². The van der Waals surface area contributed by atoms with Crippen LogP contribution in [0, 0.1) is 5.92 Å². The molecule has 2 aromatic heterocycles. The van der Waals surface area contributed by atoms with Gasteiger partial charge in [0.05, 0.1) is 23.5 Å². The summed E-state index contributed by atoms with van der Waals surface area (Å²) in [5, 5.41) is 16.9. The fourth-order valence-corrected chi connectivity index (χ4v) is 6.34. The number of hydrogen-bond acceptors (Lipinski definition) is 4. The average molecular weight is 501 g/mol. The van der Waals surface area contributed by atoms with E-state index in [1.54, 1.807) is 10.9 Å². The maximum atomic E-state index is 13.5. The number of hydrogen-bond donors (Lipinski definition) is 1. The van der Waals surface area contributed by atoms with Crippen LogP contribution < -0.4 is 5.32 Å². The molecule has 1 N–H and O–H groups in total. The van der Waals surface area contributed by atoms with Crippen LogP contribution >= 0.6 is 0 Å². The van der Waals surface area contributed by atoms with Crippen molar-refractivity contribution < 1.29 is 4.79 Å². The summed E-state index contributed by atoms with van der Waals surface area (Å²) in [5.74, 6) is 0.534. The highest BCUT2D eigenvalue weighted by atomic mass is 16.1. The topological polar surface area (TPSA) is 77.6 Å². The number of amides is 1. The molecule has 2 aliphatic carbocycles. The summed E-state index contributed by atoms with van der Waals surface area (Å²) in [4.78, 5) is 13.5. The van der Waals surface area contributed by atoms with Crippen molar-refractivity contribution >= 4 is 5.91 Å².